The molecule has 2 unspecified atom stereocenters. The predicted octanol–water partition coefficient (Wildman–Crippen LogP) is 3.50. The molecule has 2 fully saturated rings. The van der Waals surface area contributed by atoms with Gasteiger partial charge < -0.3 is 20.6 Å². The van der Waals surface area contributed by atoms with Crippen molar-refractivity contribution in [2.45, 2.75) is 84.7 Å². The minimum Gasteiger partial charge on any atom is -0.395 e. The van der Waals surface area contributed by atoms with Gasteiger partial charge in [0.25, 0.3) is 5.91 Å². The van der Waals surface area contributed by atoms with Gasteiger partial charge >= 0.3 is 0 Å². The molecule has 1 aliphatic heterocycles. The summed E-state index contributed by atoms with van der Waals surface area (Å²) in [6.07, 6.45) is 8.84. The van der Waals surface area contributed by atoms with Crippen molar-refractivity contribution in [3.8, 4) is 0 Å². The van der Waals surface area contributed by atoms with Crippen LogP contribution in [0.15, 0.2) is 24.3 Å². The van der Waals surface area contributed by atoms with Crippen molar-refractivity contribution in [2.75, 3.05) is 26.2 Å². The topological polar surface area (TPSA) is 117 Å². The zero-order valence-corrected chi connectivity index (χ0v) is 23.7. The van der Waals surface area contributed by atoms with Crippen LogP contribution in [0, 0.1) is 17.3 Å². The Morgan fingerprint density at radius 3 is 2.46 bits per heavy atom. The van der Waals surface area contributed by atoms with E-state index in [9.17, 15) is 14.4 Å². The molecule has 1 aromatic heterocycles. The van der Waals surface area contributed by atoms with E-state index in [1.54, 1.807) is 4.90 Å². The fourth-order valence-corrected chi connectivity index (χ4v) is 5.97. The van der Waals surface area contributed by atoms with E-state index in [-0.39, 0.29) is 36.8 Å². The number of benzene rings is 1. The Balaban J connectivity index is 1.52. The Bertz CT molecular complexity index is 1150. The summed E-state index contributed by atoms with van der Waals surface area (Å²) < 4.78 is 1.98. The summed E-state index contributed by atoms with van der Waals surface area (Å²) in [5.74, 6) is -0.457. The third kappa shape index (κ3) is 7.18. The monoisotopic (exact) mass is 539 g/mol. The number of nitrogens with one attached hydrogen (secondary N) is 2. The number of nitrogens with zero attached hydrogens (tertiary/aromatic N) is 3. The number of hydrogen-bond donors (Lipinski definition) is 3. The first kappa shape index (κ1) is 29.1. The fourth-order valence-electron chi connectivity index (χ4n) is 5.97. The number of rotatable bonds is 8. The summed E-state index contributed by atoms with van der Waals surface area (Å²) in [6, 6.07) is 7.06. The van der Waals surface area contributed by atoms with Crippen LogP contribution >= 0.6 is 0 Å². The van der Waals surface area contributed by atoms with Crippen LogP contribution in [0.4, 0.5) is 0 Å². The molecule has 39 heavy (non-hydrogen) atoms. The van der Waals surface area contributed by atoms with Crippen LogP contribution in [0.25, 0.3) is 10.9 Å². The molecule has 2 atom stereocenters. The van der Waals surface area contributed by atoms with Crippen molar-refractivity contribution in [2.24, 2.45) is 17.3 Å². The minimum absolute atomic E-state index is 0.121. The number of amides is 3. The van der Waals surface area contributed by atoms with Crippen LogP contribution in [-0.4, -0.2) is 69.8 Å². The molecule has 1 saturated carbocycles. The Hall–Kier alpha value is -2.94. The molecular weight excluding hydrogens is 494 g/mol. The smallest absolute Gasteiger partial charge is 0.273 e. The van der Waals surface area contributed by atoms with Crippen LogP contribution in [-0.2, 0) is 16.1 Å². The summed E-state index contributed by atoms with van der Waals surface area (Å²) in [5, 5.41) is 20.4. The second-order valence-electron chi connectivity index (χ2n) is 12.3. The maximum Gasteiger partial charge on any atom is 0.273 e. The summed E-state index contributed by atoms with van der Waals surface area (Å²) in [5.41, 5.74) is 0.747. The maximum absolute atomic E-state index is 13.8. The first-order valence-electron chi connectivity index (χ1n) is 14.6. The molecule has 0 spiro atoms. The van der Waals surface area contributed by atoms with E-state index in [4.69, 9.17) is 10.2 Å². The molecule has 1 aliphatic carbocycles. The van der Waals surface area contributed by atoms with Gasteiger partial charge in [0.15, 0.2) is 5.69 Å². The second-order valence-corrected chi connectivity index (χ2v) is 12.3. The number of piperidine rings is 1. The first-order chi connectivity index (χ1) is 18.7. The molecule has 0 radical (unpaired) electrons. The number of carbonyl (C=O) groups is 3. The summed E-state index contributed by atoms with van der Waals surface area (Å²) in [6.45, 7) is 7.54. The standard InChI is InChI=1S/C30H45N5O4/c1-30(2,3)26(29(39)34-17-10-13-22(20-34)27(37)31-16-18-36)32-28(38)25-23-14-8-9-15-24(23)35(33-25)19-21-11-6-4-5-7-12-21/h8-9,14-15,21-22,26,36H,4-7,10-13,16-20H2,1-3H3,(H,31,37)(H,32,38). The van der Waals surface area contributed by atoms with Crippen LogP contribution < -0.4 is 10.6 Å². The van der Waals surface area contributed by atoms with Crippen molar-refractivity contribution >= 4 is 28.6 Å². The summed E-state index contributed by atoms with van der Waals surface area (Å²) in [4.78, 5) is 41.7. The quantitative estimate of drug-likeness (QED) is 0.444. The fraction of sp³-hybridized carbons (Fsp3) is 0.667. The SMILES string of the molecule is CC(C)(C)C(NC(=O)c1nn(CC2CCCCCC2)c2ccccc12)C(=O)N1CCCC(C(=O)NCCO)C1. The molecule has 3 N–H and O–H groups in total. The summed E-state index contributed by atoms with van der Waals surface area (Å²) >= 11 is 0. The minimum atomic E-state index is -0.768. The third-order valence-corrected chi connectivity index (χ3v) is 8.18. The van der Waals surface area contributed by atoms with Gasteiger partial charge in [0.1, 0.15) is 6.04 Å². The van der Waals surface area contributed by atoms with E-state index in [1.165, 1.54) is 38.5 Å². The lowest BCUT2D eigenvalue weighted by Gasteiger charge is -2.38. The number of aliphatic hydroxyl groups is 1. The Morgan fingerprint density at radius 2 is 1.77 bits per heavy atom. The van der Waals surface area contributed by atoms with Crippen molar-refractivity contribution < 1.29 is 19.5 Å². The second kappa shape index (κ2) is 12.9. The molecular formula is C30H45N5O4. The largest absolute Gasteiger partial charge is 0.395 e. The van der Waals surface area contributed by atoms with E-state index in [1.807, 2.05) is 49.7 Å². The van der Waals surface area contributed by atoms with Crippen LogP contribution in [0.3, 0.4) is 0 Å². The Labute approximate surface area is 231 Å². The predicted molar refractivity (Wildman–Crippen MR) is 151 cm³/mol. The molecule has 4 rings (SSSR count). The highest BCUT2D eigenvalue weighted by atomic mass is 16.3. The van der Waals surface area contributed by atoms with Crippen molar-refractivity contribution in [1.29, 1.82) is 0 Å². The van der Waals surface area contributed by atoms with Crippen LogP contribution in [0.5, 0.6) is 0 Å². The van der Waals surface area contributed by atoms with Gasteiger partial charge in [-0.1, -0.05) is 64.7 Å². The van der Waals surface area contributed by atoms with Gasteiger partial charge in [-0.05, 0) is 43.1 Å². The van der Waals surface area contributed by atoms with Gasteiger partial charge in [0.05, 0.1) is 18.0 Å². The number of aliphatic hydroxyl groups excluding tert-OH is 1. The lowest BCUT2D eigenvalue weighted by molar-refractivity contribution is -0.139. The number of carbonyl (C=O) groups excluding carboxylic acids is 3. The van der Waals surface area contributed by atoms with E-state index in [2.05, 4.69) is 10.6 Å². The Kier molecular flexibility index (Phi) is 9.64. The van der Waals surface area contributed by atoms with Crippen molar-refractivity contribution in [1.82, 2.24) is 25.3 Å². The van der Waals surface area contributed by atoms with Gasteiger partial charge in [0.2, 0.25) is 11.8 Å². The molecule has 9 nitrogen and oxygen atoms in total. The zero-order valence-electron chi connectivity index (χ0n) is 23.7. The summed E-state index contributed by atoms with van der Waals surface area (Å²) in [7, 11) is 0. The molecule has 214 valence electrons. The van der Waals surface area contributed by atoms with Crippen LogP contribution in [0.1, 0.15) is 82.6 Å². The van der Waals surface area contributed by atoms with Gasteiger partial charge in [0, 0.05) is 31.6 Å². The Morgan fingerprint density at radius 1 is 1.05 bits per heavy atom. The van der Waals surface area contributed by atoms with E-state index in [0.29, 0.717) is 37.5 Å². The lowest BCUT2D eigenvalue weighted by atomic mass is 9.84. The normalized spacial score (nSPS) is 19.9. The van der Waals surface area contributed by atoms with Gasteiger partial charge in [-0.15, -0.1) is 0 Å². The number of para-hydroxylation sites is 1. The maximum atomic E-state index is 13.8. The molecule has 2 aliphatic rings. The average molecular weight is 540 g/mol. The highest BCUT2D eigenvalue weighted by Crippen LogP contribution is 2.28. The lowest BCUT2D eigenvalue weighted by Crippen LogP contribution is -2.57. The van der Waals surface area contributed by atoms with E-state index < -0.39 is 11.5 Å². The van der Waals surface area contributed by atoms with Crippen LogP contribution in [0.2, 0.25) is 0 Å². The molecule has 9 heteroatoms. The first-order valence-corrected chi connectivity index (χ1v) is 14.6. The molecule has 2 heterocycles. The number of aromatic nitrogens is 2. The highest BCUT2D eigenvalue weighted by molar-refractivity contribution is 6.06. The zero-order chi connectivity index (χ0) is 28.0. The molecule has 1 saturated heterocycles. The molecule has 3 amide bonds. The average Bonchev–Trinajstić information content (AvgIpc) is 3.09. The molecule has 1 aromatic carbocycles. The third-order valence-electron chi connectivity index (χ3n) is 8.18. The molecule has 0 bridgehead atoms. The van der Waals surface area contributed by atoms with E-state index in [0.717, 1.165) is 17.4 Å². The van der Waals surface area contributed by atoms with Crippen molar-refractivity contribution in [3.05, 3.63) is 30.0 Å². The van der Waals surface area contributed by atoms with Gasteiger partial charge in [-0.25, -0.2) is 0 Å². The highest BCUT2D eigenvalue weighted by Gasteiger charge is 2.39. The number of hydrogen-bond acceptors (Lipinski definition) is 5. The number of fused-ring (bicyclic) bond motifs is 1. The van der Waals surface area contributed by atoms with Gasteiger partial charge in [-0.2, -0.15) is 5.10 Å². The molecule has 2 aromatic rings. The van der Waals surface area contributed by atoms with Gasteiger partial charge in [-0.3, -0.25) is 19.1 Å². The van der Waals surface area contributed by atoms with Crippen molar-refractivity contribution in [3.63, 3.8) is 0 Å². The number of likely N-dealkylation sites (tertiary alicyclic amines) is 1. The van der Waals surface area contributed by atoms with E-state index >= 15 is 0 Å².